The van der Waals surface area contributed by atoms with Gasteiger partial charge >= 0.3 is 5.69 Å². The zero-order valence-electron chi connectivity index (χ0n) is 11.7. The monoisotopic (exact) mass is 308 g/mol. The molecule has 0 aliphatic heterocycles. The molecule has 21 heavy (non-hydrogen) atoms. The van der Waals surface area contributed by atoms with E-state index in [9.17, 15) is 9.59 Å². The summed E-state index contributed by atoms with van der Waals surface area (Å²) in [6, 6.07) is 1.59. The highest BCUT2D eigenvalue weighted by atomic mass is 32.1. The maximum absolute atomic E-state index is 12.0. The number of amides is 1. The predicted octanol–water partition coefficient (Wildman–Crippen LogP) is 0.332. The van der Waals surface area contributed by atoms with Gasteiger partial charge in [0.1, 0.15) is 10.7 Å². The van der Waals surface area contributed by atoms with Gasteiger partial charge in [-0.05, 0) is 18.4 Å². The second kappa shape index (κ2) is 6.44. The Kier molecular flexibility index (Phi) is 4.63. The van der Waals surface area contributed by atoms with E-state index in [2.05, 4.69) is 25.5 Å². The average molecular weight is 308 g/mol. The summed E-state index contributed by atoms with van der Waals surface area (Å²) < 4.78 is 0. The maximum atomic E-state index is 12.0. The molecule has 2 rings (SSSR count). The third-order valence-electron chi connectivity index (χ3n) is 2.54. The Morgan fingerprint density at radius 3 is 2.86 bits per heavy atom. The van der Waals surface area contributed by atoms with Gasteiger partial charge in [-0.3, -0.25) is 4.79 Å². The van der Waals surface area contributed by atoms with E-state index in [0.717, 1.165) is 0 Å². The topological polar surface area (TPSA) is 127 Å². The molecule has 0 bridgehead atoms. The van der Waals surface area contributed by atoms with Crippen molar-refractivity contribution in [3.8, 4) is 0 Å². The molecule has 0 saturated heterocycles. The number of aromatic nitrogens is 4. The van der Waals surface area contributed by atoms with Crippen molar-refractivity contribution in [3.63, 3.8) is 0 Å². The largest absolute Gasteiger partial charge is 0.374 e. The molecule has 0 saturated carbocycles. The van der Waals surface area contributed by atoms with Crippen molar-refractivity contribution in [1.29, 1.82) is 0 Å². The lowest BCUT2D eigenvalue weighted by Crippen LogP contribution is -2.27. The van der Waals surface area contributed by atoms with Crippen molar-refractivity contribution < 1.29 is 4.79 Å². The van der Waals surface area contributed by atoms with Gasteiger partial charge in [-0.25, -0.2) is 4.79 Å². The lowest BCUT2D eigenvalue weighted by molar-refractivity contribution is 0.0945. The fraction of sp³-hybridized carbons (Fsp3) is 0.417. The Morgan fingerprint density at radius 1 is 1.48 bits per heavy atom. The molecular weight excluding hydrogens is 292 g/mol. The summed E-state index contributed by atoms with van der Waals surface area (Å²) in [6.07, 6.45) is 0.672. The van der Waals surface area contributed by atoms with Gasteiger partial charge in [0.05, 0.1) is 6.54 Å². The number of nitrogen functional groups attached to an aromatic ring is 1. The van der Waals surface area contributed by atoms with Crippen LogP contribution in [0.4, 0.5) is 5.13 Å². The van der Waals surface area contributed by atoms with Gasteiger partial charge in [0.25, 0.3) is 5.91 Å². The molecular formula is C12H16N6O2S. The van der Waals surface area contributed by atoms with Crippen LogP contribution in [0.1, 0.15) is 35.0 Å². The summed E-state index contributed by atoms with van der Waals surface area (Å²) in [6.45, 7) is 4.25. The number of aromatic amines is 1. The molecule has 2 aromatic rings. The van der Waals surface area contributed by atoms with Crippen LogP contribution < -0.4 is 16.7 Å². The number of hydrogen-bond donors (Lipinski definition) is 3. The van der Waals surface area contributed by atoms with Crippen molar-refractivity contribution in [1.82, 2.24) is 25.5 Å². The lowest BCUT2D eigenvalue weighted by atomic mass is 10.1. The first-order valence-corrected chi connectivity index (χ1v) is 7.22. The lowest BCUT2D eigenvalue weighted by Gasteiger charge is -2.06. The molecule has 112 valence electrons. The summed E-state index contributed by atoms with van der Waals surface area (Å²) >= 11 is 1.19. The van der Waals surface area contributed by atoms with E-state index in [0.29, 0.717) is 28.2 Å². The molecule has 1 amide bonds. The highest BCUT2D eigenvalue weighted by Gasteiger charge is 2.11. The highest BCUT2D eigenvalue weighted by molar-refractivity contribution is 7.15. The zero-order chi connectivity index (χ0) is 15.4. The summed E-state index contributed by atoms with van der Waals surface area (Å²) in [7, 11) is 0. The van der Waals surface area contributed by atoms with Gasteiger partial charge in [0.2, 0.25) is 5.13 Å². The average Bonchev–Trinajstić information content (AvgIpc) is 2.80. The minimum atomic E-state index is -0.529. The number of H-pyrrole nitrogens is 1. The Morgan fingerprint density at radius 2 is 2.24 bits per heavy atom. The van der Waals surface area contributed by atoms with E-state index in [1.807, 2.05) is 13.8 Å². The first-order valence-electron chi connectivity index (χ1n) is 6.40. The van der Waals surface area contributed by atoms with Crippen molar-refractivity contribution in [3.05, 3.63) is 32.9 Å². The van der Waals surface area contributed by atoms with E-state index < -0.39 is 11.6 Å². The smallest absolute Gasteiger partial charge is 0.345 e. The first-order chi connectivity index (χ1) is 9.94. The van der Waals surface area contributed by atoms with E-state index in [-0.39, 0.29) is 12.2 Å². The standard InChI is InChI=1S/C12H16N6O2S/c1-6(2)3-7-4-8(16-12(20)15-7)10(19)14-5-9-17-18-11(13)21-9/h4,6H,3,5H2,1-2H3,(H2,13,18)(H,14,19)(H,15,16,20). The van der Waals surface area contributed by atoms with Crippen LogP contribution in [0.25, 0.3) is 0 Å². The number of anilines is 1. The fourth-order valence-electron chi connectivity index (χ4n) is 1.76. The summed E-state index contributed by atoms with van der Waals surface area (Å²) in [5.74, 6) is -0.0665. The van der Waals surface area contributed by atoms with Gasteiger partial charge in [-0.15, -0.1) is 10.2 Å². The summed E-state index contributed by atoms with van der Waals surface area (Å²) in [4.78, 5) is 29.8. The quantitative estimate of drug-likeness (QED) is 0.730. The van der Waals surface area contributed by atoms with E-state index in [1.165, 1.54) is 11.3 Å². The molecule has 4 N–H and O–H groups in total. The highest BCUT2D eigenvalue weighted by Crippen LogP contribution is 2.10. The van der Waals surface area contributed by atoms with Crippen LogP contribution in [0, 0.1) is 5.92 Å². The molecule has 8 nitrogen and oxygen atoms in total. The second-order valence-electron chi connectivity index (χ2n) is 4.91. The minimum absolute atomic E-state index is 0.0897. The number of nitrogens with one attached hydrogen (secondary N) is 2. The summed E-state index contributed by atoms with van der Waals surface area (Å²) in [5, 5.41) is 11.0. The van der Waals surface area contributed by atoms with Gasteiger partial charge in [-0.1, -0.05) is 25.2 Å². The Labute approximate surface area is 124 Å². The molecule has 0 unspecified atom stereocenters. The SMILES string of the molecule is CC(C)Cc1cc(C(=O)NCc2nnc(N)s2)nc(=O)[nH]1. The van der Waals surface area contributed by atoms with Crippen LogP contribution in [0.5, 0.6) is 0 Å². The molecule has 0 fully saturated rings. The number of carbonyl (C=O) groups excluding carboxylic acids is 1. The van der Waals surface area contributed by atoms with Gasteiger partial charge in [-0.2, -0.15) is 4.98 Å². The van der Waals surface area contributed by atoms with E-state index in [4.69, 9.17) is 5.73 Å². The first kappa shape index (κ1) is 15.1. The minimum Gasteiger partial charge on any atom is -0.374 e. The van der Waals surface area contributed by atoms with Crippen LogP contribution in [0.15, 0.2) is 10.9 Å². The molecule has 0 atom stereocenters. The van der Waals surface area contributed by atoms with Crippen molar-refractivity contribution in [2.24, 2.45) is 5.92 Å². The third kappa shape index (κ3) is 4.35. The third-order valence-corrected chi connectivity index (χ3v) is 3.30. The van der Waals surface area contributed by atoms with Gasteiger partial charge < -0.3 is 16.0 Å². The van der Waals surface area contributed by atoms with Crippen molar-refractivity contribution in [2.75, 3.05) is 5.73 Å². The normalized spacial score (nSPS) is 10.8. The van der Waals surface area contributed by atoms with Crippen LogP contribution in [-0.2, 0) is 13.0 Å². The Hall–Kier alpha value is -2.29. The van der Waals surface area contributed by atoms with Crippen LogP contribution in [0.3, 0.4) is 0 Å². The van der Waals surface area contributed by atoms with E-state index >= 15 is 0 Å². The molecule has 0 aromatic carbocycles. The molecule has 9 heteroatoms. The van der Waals surface area contributed by atoms with Gasteiger partial charge in [0, 0.05) is 5.69 Å². The van der Waals surface area contributed by atoms with Gasteiger partial charge in [0.15, 0.2) is 0 Å². The maximum Gasteiger partial charge on any atom is 0.345 e. The molecule has 2 aromatic heterocycles. The van der Waals surface area contributed by atoms with Crippen molar-refractivity contribution >= 4 is 22.4 Å². The van der Waals surface area contributed by atoms with E-state index in [1.54, 1.807) is 6.07 Å². The zero-order valence-corrected chi connectivity index (χ0v) is 12.5. The predicted molar refractivity (Wildman–Crippen MR) is 78.9 cm³/mol. The Balaban J connectivity index is 2.07. The number of carbonyl (C=O) groups is 1. The van der Waals surface area contributed by atoms with Crippen LogP contribution in [0.2, 0.25) is 0 Å². The Bertz CT molecular complexity index is 693. The number of hydrogen-bond acceptors (Lipinski definition) is 7. The fourth-order valence-corrected chi connectivity index (χ4v) is 2.31. The molecule has 2 heterocycles. The molecule has 0 aliphatic rings. The molecule has 0 aliphatic carbocycles. The number of nitrogens with two attached hydrogens (primary N) is 1. The molecule has 0 radical (unpaired) electrons. The van der Waals surface area contributed by atoms with Crippen molar-refractivity contribution in [2.45, 2.75) is 26.8 Å². The number of rotatable bonds is 5. The van der Waals surface area contributed by atoms with Crippen LogP contribution >= 0.6 is 11.3 Å². The number of nitrogens with zero attached hydrogens (tertiary/aromatic N) is 3. The summed E-state index contributed by atoms with van der Waals surface area (Å²) in [5.41, 5.74) is 5.71. The van der Waals surface area contributed by atoms with Crippen LogP contribution in [-0.4, -0.2) is 26.1 Å². The second-order valence-corrected chi connectivity index (χ2v) is 6.01. The molecule has 0 spiro atoms.